The highest BCUT2D eigenvalue weighted by molar-refractivity contribution is 6.32. The van der Waals surface area contributed by atoms with E-state index >= 15 is 0 Å². The van der Waals surface area contributed by atoms with Crippen molar-refractivity contribution in [2.45, 2.75) is 12.5 Å². The number of aromatic nitrogens is 2. The summed E-state index contributed by atoms with van der Waals surface area (Å²) in [7, 11) is 2.09. The smallest absolute Gasteiger partial charge is 0.146 e. The van der Waals surface area contributed by atoms with Crippen molar-refractivity contribution in [1.82, 2.24) is 14.9 Å². The van der Waals surface area contributed by atoms with Crippen molar-refractivity contribution >= 4 is 39.7 Å². The maximum absolute atomic E-state index is 6.46. The number of benzene rings is 3. The zero-order valence-electron chi connectivity index (χ0n) is 18.2. The molecule has 1 saturated heterocycles. The average Bonchev–Trinajstić information content (AvgIpc) is 3.22. The molecule has 0 aliphatic carbocycles. The van der Waals surface area contributed by atoms with Crippen molar-refractivity contribution in [2.24, 2.45) is 0 Å². The van der Waals surface area contributed by atoms with Crippen LogP contribution in [0.25, 0.3) is 10.9 Å². The van der Waals surface area contributed by atoms with Gasteiger partial charge in [0.2, 0.25) is 0 Å². The molecule has 1 aromatic heterocycles. The highest BCUT2D eigenvalue weighted by Gasteiger charge is 2.22. The van der Waals surface area contributed by atoms with E-state index in [1.165, 1.54) is 6.33 Å². The predicted octanol–water partition coefficient (Wildman–Crippen LogP) is 5.48. The number of rotatable bonds is 6. The number of nitrogens with two attached hydrogens (primary N) is 1. The van der Waals surface area contributed by atoms with Gasteiger partial charge in [0.05, 0.1) is 16.2 Å². The third-order valence-corrected chi connectivity index (χ3v) is 5.87. The Morgan fingerprint density at radius 3 is 2.67 bits per heavy atom. The lowest BCUT2D eigenvalue weighted by atomic mass is 10.2. The molecular weight excluding hydrogens is 438 g/mol. The van der Waals surface area contributed by atoms with E-state index in [9.17, 15) is 0 Å². The number of nitrogens with one attached hydrogen (secondary N) is 1. The number of likely N-dealkylation sites (tertiary alicyclic amines) is 1. The van der Waals surface area contributed by atoms with Crippen molar-refractivity contribution in [3.05, 3.63) is 72.0 Å². The Morgan fingerprint density at radius 1 is 1.06 bits per heavy atom. The molecule has 4 aromatic rings. The van der Waals surface area contributed by atoms with Gasteiger partial charge in [-0.25, -0.2) is 9.97 Å². The summed E-state index contributed by atoms with van der Waals surface area (Å²) in [4.78, 5) is 11.1. The van der Waals surface area contributed by atoms with Crippen molar-refractivity contribution in [3.63, 3.8) is 0 Å². The SMILES string of the molecule is CN1CCC(Oc2cc3ncnc(Nc4ccc(Oc5ccccc5)c(Cl)c4)c3cc2N)C1. The molecule has 1 fully saturated rings. The minimum absolute atomic E-state index is 0.132. The Kier molecular flexibility index (Phi) is 5.90. The van der Waals surface area contributed by atoms with Crippen molar-refractivity contribution in [1.29, 1.82) is 0 Å². The molecule has 168 valence electrons. The summed E-state index contributed by atoms with van der Waals surface area (Å²) in [6, 6.07) is 18.7. The largest absolute Gasteiger partial charge is 0.487 e. The Labute approximate surface area is 197 Å². The number of anilines is 3. The molecule has 7 nitrogen and oxygen atoms in total. The zero-order chi connectivity index (χ0) is 22.8. The van der Waals surface area contributed by atoms with Crippen LogP contribution in [0, 0.1) is 0 Å². The minimum atomic E-state index is 0.132. The van der Waals surface area contributed by atoms with E-state index in [0.717, 1.165) is 41.9 Å². The fourth-order valence-corrected chi connectivity index (χ4v) is 4.11. The molecule has 1 aliphatic rings. The molecule has 3 aromatic carbocycles. The molecule has 1 unspecified atom stereocenters. The highest BCUT2D eigenvalue weighted by atomic mass is 35.5. The summed E-state index contributed by atoms with van der Waals surface area (Å²) in [5.74, 6) is 2.58. The molecule has 8 heteroatoms. The second-order valence-electron chi connectivity index (χ2n) is 8.11. The Bertz CT molecular complexity index is 1280. The molecule has 0 radical (unpaired) electrons. The Morgan fingerprint density at radius 2 is 1.91 bits per heavy atom. The van der Waals surface area contributed by atoms with Crippen LogP contribution in [0.4, 0.5) is 17.2 Å². The summed E-state index contributed by atoms with van der Waals surface area (Å²) in [5.41, 5.74) is 8.39. The quantitative estimate of drug-likeness (QED) is 0.367. The van der Waals surface area contributed by atoms with Gasteiger partial charge < -0.3 is 25.4 Å². The molecule has 2 heterocycles. The molecule has 1 atom stereocenters. The summed E-state index contributed by atoms with van der Waals surface area (Å²) in [6.45, 7) is 1.91. The van der Waals surface area contributed by atoms with E-state index in [1.807, 2.05) is 54.6 Å². The zero-order valence-corrected chi connectivity index (χ0v) is 18.9. The standard InChI is InChI=1S/C25H24ClN5O2/c1-31-10-9-18(14-31)33-24-13-22-19(12-21(24)27)25(29-15-28-22)30-16-7-8-23(20(26)11-16)32-17-5-3-2-4-6-17/h2-8,11-13,15,18H,9-10,14,27H2,1H3,(H,28,29,30). The Hall–Kier alpha value is -3.55. The molecule has 0 amide bonds. The van der Waals surface area contributed by atoms with Crippen LogP contribution in [-0.2, 0) is 0 Å². The molecule has 0 saturated carbocycles. The fraction of sp³-hybridized carbons (Fsp3) is 0.200. The summed E-state index contributed by atoms with van der Waals surface area (Å²) < 4.78 is 12.0. The van der Waals surface area contributed by atoms with Crippen LogP contribution in [0.3, 0.4) is 0 Å². The topological polar surface area (TPSA) is 85.5 Å². The van der Waals surface area contributed by atoms with Crippen LogP contribution in [0.15, 0.2) is 67.0 Å². The number of hydrogen-bond donors (Lipinski definition) is 2. The second kappa shape index (κ2) is 9.13. The average molecular weight is 462 g/mol. The van der Waals surface area contributed by atoms with Crippen molar-refractivity contribution < 1.29 is 9.47 Å². The number of para-hydroxylation sites is 1. The molecule has 5 rings (SSSR count). The van der Waals surface area contributed by atoms with E-state index < -0.39 is 0 Å². The number of nitrogens with zero attached hydrogens (tertiary/aromatic N) is 3. The van der Waals surface area contributed by atoms with Crippen LogP contribution in [-0.4, -0.2) is 41.1 Å². The third-order valence-electron chi connectivity index (χ3n) is 5.57. The minimum Gasteiger partial charge on any atom is -0.487 e. The van der Waals surface area contributed by atoms with E-state index in [0.29, 0.717) is 28.0 Å². The molecule has 33 heavy (non-hydrogen) atoms. The first-order valence-corrected chi connectivity index (χ1v) is 11.1. The van der Waals surface area contributed by atoms with Gasteiger partial charge in [0.25, 0.3) is 0 Å². The summed E-state index contributed by atoms with van der Waals surface area (Å²) in [5, 5.41) is 4.59. The van der Waals surface area contributed by atoms with Crippen LogP contribution in [0.1, 0.15) is 6.42 Å². The van der Waals surface area contributed by atoms with Gasteiger partial charge >= 0.3 is 0 Å². The van der Waals surface area contributed by atoms with E-state index in [1.54, 1.807) is 6.07 Å². The number of hydrogen-bond acceptors (Lipinski definition) is 7. The number of nitrogen functional groups attached to an aromatic ring is 1. The highest BCUT2D eigenvalue weighted by Crippen LogP contribution is 2.35. The first kappa shape index (κ1) is 21.3. The van der Waals surface area contributed by atoms with Crippen LogP contribution in [0.5, 0.6) is 17.2 Å². The van der Waals surface area contributed by atoms with Gasteiger partial charge in [-0.15, -0.1) is 0 Å². The van der Waals surface area contributed by atoms with Gasteiger partial charge in [-0.05, 0) is 49.9 Å². The van der Waals surface area contributed by atoms with E-state index in [2.05, 4.69) is 27.2 Å². The molecule has 1 aliphatic heterocycles. The first-order chi connectivity index (χ1) is 16.0. The van der Waals surface area contributed by atoms with Crippen LogP contribution >= 0.6 is 11.6 Å². The van der Waals surface area contributed by atoms with Crippen LogP contribution in [0.2, 0.25) is 5.02 Å². The number of fused-ring (bicyclic) bond motifs is 1. The Balaban J connectivity index is 1.37. The van der Waals surface area contributed by atoms with Crippen molar-refractivity contribution in [3.8, 4) is 17.2 Å². The number of halogens is 1. The van der Waals surface area contributed by atoms with Gasteiger partial charge in [-0.2, -0.15) is 0 Å². The number of likely N-dealkylation sites (N-methyl/N-ethyl adjacent to an activating group) is 1. The molecular formula is C25H24ClN5O2. The number of ether oxygens (including phenoxy) is 2. The lowest BCUT2D eigenvalue weighted by Gasteiger charge is -2.17. The molecule has 0 bridgehead atoms. The maximum atomic E-state index is 6.46. The van der Waals surface area contributed by atoms with Crippen molar-refractivity contribution in [2.75, 3.05) is 31.2 Å². The van der Waals surface area contributed by atoms with Gasteiger partial charge in [-0.3, -0.25) is 0 Å². The van der Waals surface area contributed by atoms with Crippen LogP contribution < -0.4 is 20.5 Å². The van der Waals surface area contributed by atoms with Gasteiger partial charge in [0.15, 0.2) is 0 Å². The van der Waals surface area contributed by atoms with E-state index in [4.69, 9.17) is 26.8 Å². The van der Waals surface area contributed by atoms with Gasteiger partial charge in [0.1, 0.15) is 35.5 Å². The summed E-state index contributed by atoms with van der Waals surface area (Å²) >= 11 is 6.46. The lowest BCUT2D eigenvalue weighted by molar-refractivity contribution is 0.209. The monoisotopic (exact) mass is 461 g/mol. The van der Waals surface area contributed by atoms with Gasteiger partial charge in [-0.1, -0.05) is 29.8 Å². The van der Waals surface area contributed by atoms with Gasteiger partial charge in [0, 0.05) is 30.2 Å². The first-order valence-electron chi connectivity index (χ1n) is 10.7. The predicted molar refractivity (Wildman–Crippen MR) is 132 cm³/mol. The van der Waals surface area contributed by atoms with E-state index in [-0.39, 0.29) is 6.10 Å². The normalized spacial score (nSPS) is 16.1. The molecule has 3 N–H and O–H groups in total. The lowest BCUT2D eigenvalue weighted by Crippen LogP contribution is -2.21. The fourth-order valence-electron chi connectivity index (χ4n) is 3.89. The second-order valence-corrected chi connectivity index (χ2v) is 8.51. The third kappa shape index (κ3) is 4.79. The molecule has 0 spiro atoms. The summed E-state index contributed by atoms with van der Waals surface area (Å²) in [6.07, 6.45) is 2.63. The maximum Gasteiger partial charge on any atom is 0.146 e.